The molecule has 214 valence electrons. The van der Waals surface area contributed by atoms with E-state index in [1.165, 1.54) is 5.56 Å². The van der Waals surface area contributed by atoms with Crippen LogP contribution in [0.25, 0.3) is 22.2 Å². The van der Waals surface area contributed by atoms with Crippen molar-refractivity contribution in [2.75, 3.05) is 26.8 Å². The van der Waals surface area contributed by atoms with Crippen LogP contribution < -0.4 is 5.73 Å². The summed E-state index contributed by atoms with van der Waals surface area (Å²) in [5.74, 6) is 1.38. The smallest absolute Gasteiger partial charge is 0.248 e. The van der Waals surface area contributed by atoms with Crippen LogP contribution in [0.15, 0.2) is 72.8 Å². The van der Waals surface area contributed by atoms with Gasteiger partial charge in [0.25, 0.3) is 0 Å². The van der Waals surface area contributed by atoms with E-state index in [9.17, 15) is 9.59 Å². The van der Waals surface area contributed by atoms with Crippen LogP contribution in [0.3, 0.4) is 0 Å². The second-order valence-corrected chi connectivity index (χ2v) is 11.3. The van der Waals surface area contributed by atoms with Crippen LogP contribution in [-0.2, 0) is 22.5 Å². The van der Waals surface area contributed by atoms with Gasteiger partial charge in [-0.05, 0) is 72.6 Å². The molecule has 2 heterocycles. The first-order valence-electron chi connectivity index (χ1n) is 14.6. The molecule has 7 heteroatoms. The molecule has 5 rings (SSSR count). The second-order valence-electron chi connectivity index (χ2n) is 11.3. The quantitative estimate of drug-likeness (QED) is 0.238. The van der Waals surface area contributed by atoms with Crippen LogP contribution in [0.4, 0.5) is 0 Å². The van der Waals surface area contributed by atoms with Gasteiger partial charge in [-0.25, -0.2) is 4.98 Å². The summed E-state index contributed by atoms with van der Waals surface area (Å²) in [6.45, 7) is 5.27. The van der Waals surface area contributed by atoms with Crippen LogP contribution in [0.1, 0.15) is 60.3 Å². The van der Waals surface area contributed by atoms with E-state index in [2.05, 4.69) is 58.9 Å². The Hall–Kier alpha value is -3.97. The van der Waals surface area contributed by atoms with Gasteiger partial charge in [0.05, 0.1) is 11.0 Å². The maximum absolute atomic E-state index is 13.4. The Bertz CT molecular complexity index is 1480. The number of carbonyl (C=O) groups is 2. The van der Waals surface area contributed by atoms with Gasteiger partial charge < -0.3 is 19.9 Å². The summed E-state index contributed by atoms with van der Waals surface area (Å²) < 4.78 is 7.64. The van der Waals surface area contributed by atoms with Crippen LogP contribution in [0.2, 0.25) is 0 Å². The number of hydrogen-bond donors (Lipinski definition) is 1. The highest BCUT2D eigenvalue weighted by Crippen LogP contribution is 2.30. The fourth-order valence-corrected chi connectivity index (χ4v) is 5.98. The molecule has 1 aromatic heterocycles. The van der Waals surface area contributed by atoms with Crippen molar-refractivity contribution in [2.24, 2.45) is 11.7 Å². The average molecular weight is 553 g/mol. The number of fused-ring (bicyclic) bond motifs is 1. The maximum Gasteiger partial charge on any atom is 0.248 e. The van der Waals surface area contributed by atoms with E-state index >= 15 is 0 Å². The molecule has 0 aliphatic carbocycles. The number of piperidine rings is 1. The maximum atomic E-state index is 13.4. The number of hydrogen-bond acceptors (Lipinski definition) is 4. The molecule has 0 saturated carbocycles. The number of rotatable bonds is 11. The number of amides is 2. The largest absolute Gasteiger partial charge is 0.385 e. The van der Waals surface area contributed by atoms with Crippen molar-refractivity contribution in [1.82, 2.24) is 14.5 Å². The molecule has 0 spiro atoms. The molecule has 0 radical (unpaired) electrons. The van der Waals surface area contributed by atoms with Crippen molar-refractivity contribution >= 4 is 22.8 Å². The standard InChI is InChI=1S/C34H40N4O3/c1-24(21-25-10-12-26(13-11-25)27-14-16-28(17-15-27)33(35)40)22-32(39)37-18-5-7-29(23-37)34-36-30-8-3-4-9-31(30)38(34)19-6-20-41-2/h3-4,8-17,24,29H,5-7,18-23H2,1-2H3,(H2,35,40)/t24-,29-/m1/s1. The molecule has 3 aromatic carbocycles. The third-order valence-electron chi connectivity index (χ3n) is 8.12. The number of primary amides is 1. The van der Waals surface area contributed by atoms with Gasteiger partial charge in [0.1, 0.15) is 5.82 Å². The van der Waals surface area contributed by atoms with Gasteiger partial charge in [0.2, 0.25) is 11.8 Å². The number of aromatic nitrogens is 2. The molecule has 2 N–H and O–H groups in total. The van der Waals surface area contributed by atoms with Gasteiger partial charge in [0.15, 0.2) is 0 Å². The number of ether oxygens (including phenoxy) is 1. The molecule has 1 aliphatic heterocycles. The predicted molar refractivity (Wildman–Crippen MR) is 163 cm³/mol. The molecule has 2 atom stereocenters. The minimum Gasteiger partial charge on any atom is -0.385 e. The molecule has 0 unspecified atom stereocenters. The summed E-state index contributed by atoms with van der Waals surface area (Å²) in [6, 6.07) is 24.1. The van der Waals surface area contributed by atoms with E-state index in [4.69, 9.17) is 15.5 Å². The highest BCUT2D eigenvalue weighted by Gasteiger charge is 2.29. The number of nitrogens with two attached hydrogens (primary N) is 1. The van der Waals surface area contributed by atoms with Crippen LogP contribution in [-0.4, -0.2) is 53.1 Å². The number of aryl methyl sites for hydroxylation is 1. The molecule has 2 amide bonds. The van der Waals surface area contributed by atoms with Gasteiger partial charge in [-0.2, -0.15) is 0 Å². The third-order valence-corrected chi connectivity index (χ3v) is 8.12. The number of carbonyl (C=O) groups excluding carboxylic acids is 2. The molecule has 1 saturated heterocycles. The van der Waals surface area contributed by atoms with E-state index in [1.807, 2.05) is 18.2 Å². The number of likely N-dealkylation sites (tertiary alicyclic amines) is 1. The van der Waals surface area contributed by atoms with Gasteiger partial charge in [0, 0.05) is 51.3 Å². The number of para-hydroxylation sites is 2. The number of nitrogens with zero attached hydrogens (tertiary/aromatic N) is 3. The minimum absolute atomic E-state index is 0.232. The number of methoxy groups -OCH3 is 1. The van der Waals surface area contributed by atoms with Gasteiger partial charge in [-0.3, -0.25) is 9.59 Å². The number of benzene rings is 3. The molecule has 1 aliphatic rings. The summed E-state index contributed by atoms with van der Waals surface area (Å²) in [6.07, 6.45) is 4.35. The highest BCUT2D eigenvalue weighted by molar-refractivity contribution is 5.93. The normalized spacial score (nSPS) is 16.1. The van der Waals surface area contributed by atoms with Gasteiger partial charge in [-0.15, -0.1) is 0 Å². The predicted octanol–water partition coefficient (Wildman–Crippen LogP) is 5.81. The Morgan fingerprint density at radius 2 is 1.73 bits per heavy atom. The summed E-state index contributed by atoms with van der Waals surface area (Å²) in [4.78, 5) is 31.8. The first kappa shape index (κ1) is 28.6. The van der Waals surface area contributed by atoms with E-state index in [0.29, 0.717) is 18.6 Å². The number of imidazole rings is 1. The Kier molecular flexibility index (Phi) is 9.14. The topological polar surface area (TPSA) is 90.5 Å². The van der Waals surface area contributed by atoms with Crippen molar-refractivity contribution < 1.29 is 14.3 Å². The van der Waals surface area contributed by atoms with Crippen molar-refractivity contribution in [3.05, 3.63) is 89.7 Å². The zero-order chi connectivity index (χ0) is 28.8. The van der Waals surface area contributed by atoms with Crippen molar-refractivity contribution in [1.29, 1.82) is 0 Å². The lowest BCUT2D eigenvalue weighted by Crippen LogP contribution is -2.40. The lowest BCUT2D eigenvalue weighted by molar-refractivity contribution is -0.133. The van der Waals surface area contributed by atoms with E-state index < -0.39 is 5.91 Å². The second kappa shape index (κ2) is 13.1. The first-order chi connectivity index (χ1) is 19.9. The lowest BCUT2D eigenvalue weighted by Gasteiger charge is -2.33. The molecule has 41 heavy (non-hydrogen) atoms. The van der Waals surface area contributed by atoms with E-state index in [-0.39, 0.29) is 17.7 Å². The lowest BCUT2D eigenvalue weighted by atomic mass is 9.93. The fraction of sp³-hybridized carbons (Fsp3) is 0.382. The Balaban J connectivity index is 1.19. The molecular weight excluding hydrogens is 512 g/mol. The zero-order valence-electron chi connectivity index (χ0n) is 24.1. The fourth-order valence-electron chi connectivity index (χ4n) is 5.98. The first-order valence-corrected chi connectivity index (χ1v) is 14.6. The van der Waals surface area contributed by atoms with Crippen molar-refractivity contribution in [3.8, 4) is 11.1 Å². The monoisotopic (exact) mass is 552 g/mol. The molecule has 0 bridgehead atoms. The molecular formula is C34H40N4O3. The summed E-state index contributed by atoms with van der Waals surface area (Å²) >= 11 is 0. The molecule has 7 nitrogen and oxygen atoms in total. The van der Waals surface area contributed by atoms with E-state index in [1.54, 1.807) is 19.2 Å². The highest BCUT2D eigenvalue weighted by atomic mass is 16.5. The van der Waals surface area contributed by atoms with E-state index in [0.717, 1.165) is 73.3 Å². The summed E-state index contributed by atoms with van der Waals surface area (Å²) in [5.41, 5.74) is 11.4. The van der Waals surface area contributed by atoms with Crippen LogP contribution in [0, 0.1) is 5.92 Å². The Labute approximate surface area is 242 Å². The average Bonchev–Trinajstić information content (AvgIpc) is 3.36. The summed E-state index contributed by atoms with van der Waals surface area (Å²) in [7, 11) is 1.74. The Morgan fingerprint density at radius 1 is 1.02 bits per heavy atom. The van der Waals surface area contributed by atoms with Crippen LogP contribution in [0.5, 0.6) is 0 Å². The minimum atomic E-state index is -0.423. The van der Waals surface area contributed by atoms with Crippen LogP contribution >= 0.6 is 0 Å². The Morgan fingerprint density at radius 3 is 2.44 bits per heavy atom. The van der Waals surface area contributed by atoms with Gasteiger partial charge >= 0.3 is 0 Å². The third kappa shape index (κ3) is 6.85. The molecule has 1 fully saturated rings. The summed E-state index contributed by atoms with van der Waals surface area (Å²) in [5, 5.41) is 0. The zero-order valence-corrected chi connectivity index (χ0v) is 24.1. The molecule has 4 aromatic rings. The van der Waals surface area contributed by atoms with Gasteiger partial charge in [-0.1, -0.05) is 55.5 Å². The van der Waals surface area contributed by atoms with Crippen molar-refractivity contribution in [3.63, 3.8) is 0 Å². The SMILES string of the molecule is COCCCn1c([C@@H]2CCCN(C(=O)C[C@H](C)Cc3ccc(-c4ccc(C(N)=O)cc4)cc3)C2)nc2ccccc21. The van der Waals surface area contributed by atoms with Crippen molar-refractivity contribution in [2.45, 2.75) is 51.5 Å².